The van der Waals surface area contributed by atoms with Gasteiger partial charge in [0.15, 0.2) is 0 Å². The Kier molecular flexibility index (Phi) is 7.37. The van der Waals surface area contributed by atoms with E-state index in [2.05, 4.69) is 10.3 Å². The van der Waals surface area contributed by atoms with E-state index in [0.717, 1.165) is 36.6 Å². The van der Waals surface area contributed by atoms with E-state index in [4.69, 9.17) is 4.74 Å². The van der Waals surface area contributed by atoms with E-state index in [1.807, 2.05) is 6.07 Å². The number of hydrogen-bond acceptors (Lipinski definition) is 7. The first-order chi connectivity index (χ1) is 18.6. The molecule has 16 heteroatoms. The Balaban J connectivity index is 1.53. The van der Waals surface area contributed by atoms with E-state index in [-0.39, 0.29) is 31.2 Å². The van der Waals surface area contributed by atoms with Gasteiger partial charge in [-0.25, -0.2) is 4.98 Å². The summed E-state index contributed by atoms with van der Waals surface area (Å²) in [5.41, 5.74) is -1.34. The quantitative estimate of drug-likeness (QED) is 0.473. The molecule has 1 saturated heterocycles. The smallest absolute Gasteiger partial charge is 0.457 e. The third-order valence-electron chi connectivity index (χ3n) is 7.20. The van der Waals surface area contributed by atoms with Gasteiger partial charge in [0.1, 0.15) is 23.8 Å². The van der Waals surface area contributed by atoms with Crippen LogP contribution in [0.4, 0.5) is 27.6 Å². The van der Waals surface area contributed by atoms with Crippen molar-refractivity contribution >= 4 is 29.3 Å². The number of carbonyl (C=O) groups is 4. The van der Waals surface area contributed by atoms with Crippen LogP contribution in [0.2, 0.25) is 0 Å². The molecule has 216 valence electrons. The minimum Gasteiger partial charge on any atom is -0.457 e. The molecule has 4 amide bonds. The number of alkyl halides is 5. The van der Waals surface area contributed by atoms with Crippen molar-refractivity contribution in [1.82, 2.24) is 20.1 Å². The van der Waals surface area contributed by atoms with Crippen molar-refractivity contribution in [3.63, 3.8) is 0 Å². The molecule has 3 aliphatic rings. The second kappa shape index (κ2) is 10.2. The monoisotopic (exact) mass is 572 g/mol. The molecule has 1 aromatic heterocycles. The van der Waals surface area contributed by atoms with Gasteiger partial charge in [0, 0.05) is 19.7 Å². The molecule has 0 bridgehead atoms. The Hall–Kier alpha value is -4.03. The number of hydrogen-bond donors (Lipinski definition) is 2. The number of nitriles is 1. The number of likely N-dealkylation sites (tertiary alicyclic amines) is 1. The van der Waals surface area contributed by atoms with E-state index in [1.54, 1.807) is 12.1 Å². The lowest BCUT2D eigenvalue weighted by atomic mass is 9.97. The summed E-state index contributed by atoms with van der Waals surface area (Å²) in [6, 6.07) is 0.850. The van der Waals surface area contributed by atoms with Crippen LogP contribution in [0.25, 0.3) is 0 Å². The molecule has 0 aromatic carbocycles. The number of amides is 4. The average Bonchev–Trinajstić information content (AvgIpc) is 3.64. The molecule has 4 rings (SSSR count). The molecule has 3 heterocycles. The SMILES string of the molecule is C[C@H](NC(=O)C(F)(F)C(F)(F)F)C(=O)N(C)[C@@H](CC1CC1)C(=O)N1C[C@@]2(C[C@H]1C#N)Oc1ncccc1NC2=O. The number of rotatable bonds is 7. The maximum absolute atomic E-state index is 13.8. The molecule has 0 radical (unpaired) electrons. The summed E-state index contributed by atoms with van der Waals surface area (Å²) in [5, 5.41) is 13.8. The second-order valence-corrected chi connectivity index (χ2v) is 10.1. The number of likely N-dealkylation sites (N-methyl/N-ethyl adjacent to an activating group) is 1. The zero-order chi connectivity index (χ0) is 29.6. The highest BCUT2D eigenvalue weighted by Gasteiger charge is 2.64. The third-order valence-corrected chi connectivity index (χ3v) is 7.20. The molecule has 11 nitrogen and oxygen atoms in total. The van der Waals surface area contributed by atoms with E-state index in [9.17, 15) is 46.4 Å². The highest BCUT2D eigenvalue weighted by Crippen LogP contribution is 2.41. The Morgan fingerprint density at radius 3 is 2.60 bits per heavy atom. The number of carbonyl (C=O) groups excluding carboxylic acids is 4. The molecule has 0 unspecified atom stereocenters. The normalized spacial score (nSPS) is 23.8. The van der Waals surface area contributed by atoms with Gasteiger partial charge in [0.2, 0.25) is 23.3 Å². The van der Waals surface area contributed by atoms with Gasteiger partial charge < -0.3 is 25.2 Å². The first kappa shape index (κ1) is 29.0. The van der Waals surface area contributed by atoms with Crippen LogP contribution in [0, 0.1) is 17.2 Å². The van der Waals surface area contributed by atoms with Crippen LogP contribution in [0.3, 0.4) is 0 Å². The van der Waals surface area contributed by atoms with Crippen LogP contribution >= 0.6 is 0 Å². The molecule has 1 aliphatic carbocycles. The van der Waals surface area contributed by atoms with Gasteiger partial charge in [-0.2, -0.15) is 27.2 Å². The molecule has 2 fully saturated rings. The van der Waals surface area contributed by atoms with Gasteiger partial charge in [-0.15, -0.1) is 0 Å². The molecule has 2 aliphatic heterocycles. The van der Waals surface area contributed by atoms with E-state index < -0.39 is 59.5 Å². The number of aromatic nitrogens is 1. The maximum Gasteiger partial charge on any atom is 0.463 e. The van der Waals surface area contributed by atoms with Crippen LogP contribution in [-0.2, 0) is 19.2 Å². The number of ether oxygens (including phenoxy) is 1. The number of halogens is 5. The topological polar surface area (TPSA) is 145 Å². The largest absolute Gasteiger partial charge is 0.463 e. The lowest BCUT2D eigenvalue weighted by molar-refractivity contribution is -0.270. The predicted molar refractivity (Wildman–Crippen MR) is 124 cm³/mol. The molecule has 1 spiro atoms. The molecular weight excluding hydrogens is 547 g/mol. The fraction of sp³-hybridized carbons (Fsp3) is 0.583. The van der Waals surface area contributed by atoms with Gasteiger partial charge >= 0.3 is 18.0 Å². The van der Waals surface area contributed by atoms with Gasteiger partial charge in [-0.05, 0) is 31.4 Å². The zero-order valence-electron chi connectivity index (χ0n) is 21.3. The summed E-state index contributed by atoms with van der Waals surface area (Å²) in [4.78, 5) is 57.4. The maximum atomic E-state index is 13.8. The van der Waals surface area contributed by atoms with Gasteiger partial charge in [-0.3, -0.25) is 19.2 Å². The predicted octanol–water partition coefficient (Wildman–Crippen LogP) is 1.61. The molecule has 40 heavy (non-hydrogen) atoms. The summed E-state index contributed by atoms with van der Waals surface area (Å²) < 4.78 is 70.3. The van der Waals surface area contributed by atoms with Gasteiger partial charge in [0.05, 0.1) is 12.6 Å². The minimum atomic E-state index is -6.17. The second-order valence-electron chi connectivity index (χ2n) is 10.1. The summed E-state index contributed by atoms with van der Waals surface area (Å²) in [6.07, 6.45) is -3.37. The number of nitrogens with zero attached hydrogens (tertiary/aromatic N) is 4. The van der Waals surface area contributed by atoms with Crippen LogP contribution in [-0.4, -0.2) is 87.8 Å². The molecule has 1 saturated carbocycles. The minimum absolute atomic E-state index is 0.0195. The Morgan fingerprint density at radius 1 is 1.32 bits per heavy atom. The van der Waals surface area contributed by atoms with E-state index in [1.165, 1.54) is 11.5 Å². The average molecular weight is 572 g/mol. The van der Waals surface area contributed by atoms with Crippen molar-refractivity contribution in [1.29, 1.82) is 5.26 Å². The van der Waals surface area contributed by atoms with Gasteiger partial charge in [0.25, 0.3) is 5.91 Å². The van der Waals surface area contributed by atoms with Crippen LogP contribution in [0.15, 0.2) is 18.3 Å². The van der Waals surface area contributed by atoms with Crippen molar-refractivity contribution < 1.29 is 45.9 Å². The first-order valence-corrected chi connectivity index (χ1v) is 12.3. The first-order valence-electron chi connectivity index (χ1n) is 12.3. The summed E-state index contributed by atoms with van der Waals surface area (Å²) in [7, 11) is 1.15. The lowest BCUT2D eigenvalue weighted by Gasteiger charge is -2.35. The number of fused-ring (bicyclic) bond motifs is 1. The molecule has 2 N–H and O–H groups in total. The highest BCUT2D eigenvalue weighted by atomic mass is 19.4. The van der Waals surface area contributed by atoms with Crippen molar-refractivity contribution in [2.24, 2.45) is 5.92 Å². The fourth-order valence-electron chi connectivity index (χ4n) is 4.71. The number of pyridine rings is 1. The standard InChI is InChI=1S/C24H25F5N6O5/c1-12(32-21(39)23(25,26)24(27,28)29)18(36)34(2)16(8-13-5-6-13)19(37)35-11-22(9-14(35)10-30)20(38)33-15-4-3-7-31-17(15)40-22/h3-4,7,12-14,16H,5-6,8-9,11H2,1-2H3,(H,32,39)(H,33,38)/t12-,14-,16-,22+/m0/s1. The van der Waals surface area contributed by atoms with Crippen molar-refractivity contribution in [2.75, 3.05) is 18.9 Å². The fourth-order valence-corrected chi connectivity index (χ4v) is 4.71. The van der Waals surface area contributed by atoms with Crippen molar-refractivity contribution in [2.45, 2.75) is 68.4 Å². The van der Waals surface area contributed by atoms with Crippen molar-refractivity contribution in [3.05, 3.63) is 18.3 Å². The van der Waals surface area contributed by atoms with Crippen LogP contribution in [0.1, 0.15) is 32.6 Å². The summed E-state index contributed by atoms with van der Waals surface area (Å²) in [5.74, 6) is -10.8. The molecule has 1 aromatic rings. The van der Waals surface area contributed by atoms with Crippen LogP contribution in [0.5, 0.6) is 5.88 Å². The summed E-state index contributed by atoms with van der Waals surface area (Å²) in [6.45, 7) is 0.550. The Labute approximate surface area is 224 Å². The number of anilines is 1. The third kappa shape index (κ3) is 5.24. The lowest BCUT2D eigenvalue weighted by Crippen LogP contribution is -2.59. The molecule has 4 atom stereocenters. The summed E-state index contributed by atoms with van der Waals surface area (Å²) >= 11 is 0. The van der Waals surface area contributed by atoms with Gasteiger partial charge in [-0.1, -0.05) is 12.8 Å². The van der Waals surface area contributed by atoms with E-state index >= 15 is 0 Å². The zero-order valence-corrected chi connectivity index (χ0v) is 21.3. The van der Waals surface area contributed by atoms with Crippen LogP contribution < -0.4 is 15.4 Å². The number of nitrogens with one attached hydrogen (secondary N) is 2. The molecular formula is C24H25F5N6O5. The Morgan fingerprint density at radius 2 is 2.00 bits per heavy atom. The van der Waals surface area contributed by atoms with Crippen molar-refractivity contribution in [3.8, 4) is 11.9 Å². The highest BCUT2D eigenvalue weighted by molar-refractivity contribution is 6.02. The Bertz CT molecular complexity index is 1270. The van der Waals surface area contributed by atoms with E-state index in [0.29, 0.717) is 5.69 Å².